The zero-order valence-electron chi connectivity index (χ0n) is 28.0. The van der Waals surface area contributed by atoms with Crippen molar-refractivity contribution >= 4 is 0 Å². The van der Waals surface area contributed by atoms with Gasteiger partial charge in [-0.25, -0.2) is 0 Å². The summed E-state index contributed by atoms with van der Waals surface area (Å²) in [5.41, 5.74) is 5.94. The Labute approximate surface area is 271 Å². The third-order valence-corrected chi connectivity index (χ3v) is 8.59. The third kappa shape index (κ3) is 6.98. The molecule has 46 heavy (non-hydrogen) atoms. The Morgan fingerprint density at radius 1 is 0.543 bits per heavy atom. The van der Waals surface area contributed by atoms with Crippen LogP contribution in [0.3, 0.4) is 0 Å². The molecule has 1 aliphatic rings. The maximum absolute atomic E-state index is 5.56. The van der Waals surface area contributed by atoms with Crippen LogP contribution in [0.1, 0.15) is 25.0 Å². The summed E-state index contributed by atoms with van der Waals surface area (Å²) in [6.07, 6.45) is 3.74. The molecule has 1 fully saturated rings. The van der Waals surface area contributed by atoms with Gasteiger partial charge in [0.1, 0.15) is 0 Å². The van der Waals surface area contributed by atoms with Crippen LogP contribution in [-0.4, -0.2) is 87.6 Å². The van der Waals surface area contributed by atoms with Crippen LogP contribution >= 0.6 is 0 Å². The number of nitrogens with zero attached hydrogens (tertiary/aromatic N) is 4. The van der Waals surface area contributed by atoms with E-state index in [1.807, 2.05) is 36.7 Å². The van der Waals surface area contributed by atoms with Crippen LogP contribution in [0.2, 0.25) is 0 Å². The van der Waals surface area contributed by atoms with Gasteiger partial charge in [0.05, 0.1) is 54.0 Å². The van der Waals surface area contributed by atoms with Crippen molar-refractivity contribution in [3.63, 3.8) is 0 Å². The topological polar surface area (TPSA) is 87.6 Å². The average Bonchev–Trinajstić information content (AvgIpc) is 3.09. The van der Waals surface area contributed by atoms with Gasteiger partial charge in [0.25, 0.3) is 0 Å². The van der Waals surface area contributed by atoms with Gasteiger partial charge < -0.3 is 28.4 Å². The fourth-order valence-corrected chi connectivity index (χ4v) is 6.10. The van der Waals surface area contributed by atoms with Gasteiger partial charge in [-0.2, -0.15) is 0 Å². The van der Waals surface area contributed by atoms with Gasteiger partial charge in [-0.1, -0.05) is 0 Å². The van der Waals surface area contributed by atoms with Crippen molar-refractivity contribution in [1.29, 1.82) is 0 Å². The van der Waals surface area contributed by atoms with Gasteiger partial charge in [0.15, 0.2) is 23.0 Å². The number of aromatic nitrogens is 2. The molecule has 4 aromatic rings. The molecule has 0 aliphatic carbocycles. The number of pyridine rings is 2. The average molecular weight is 629 g/mol. The lowest BCUT2D eigenvalue weighted by atomic mass is 10.0. The highest BCUT2D eigenvalue weighted by atomic mass is 16.5. The summed E-state index contributed by atoms with van der Waals surface area (Å²) in [5.74, 6) is 3.55. The monoisotopic (exact) mass is 628 g/mol. The molecule has 5 rings (SSSR count). The van der Waals surface area contributed by atoms with Gasteiger partial charge in [-0.3, -0.25) is 19.8 Å². The predicted octanol–water partition coefficient (Wildman–Crippen LogP) is 5.96. The van der Waals surface area contributed by atoms with Crippen molar-refractivity contribution in [2.45, 2.75) is 39.0 Å². The molecule has 2 aromatic heterocycles. The van der Waals surface area contributed by atoms with E-state index in [1.54, 1.807) is 42.7 Å². The fourth-order valence-electron chi connectivity index (χ4n) is 6.10. The second-order valence-electron chi connectivity index (χ2n) is 11.5. The quantitative estimate of drug-likeness (QED) is 0.187. The molecule has 2 aromatic carbocycles. The first-order valence-electron chi connectivity index (χ1n) is 15.3. The number of hydrogen-bond acceptors (Lipinski definition) is 10. The molecular formula is C36H44N4O6. The first-order valence-corrected chi connectivity index (χ1v) is 15.3. The summed E-state index contributed by atoms with van der Waals surface area (Å²) >= 11 is 0. The van der Waals surface area contributed by atoms with Crippen molar-refractivity contribution in [1.82, 2.24) is 19.8 Å². The molecule has 0 saturated carbocycles. The molecule has 1 saturated heterocycles. The Balaban J connectivity index is 1.28. The predicted molar refractivity (Wildman–Crippen MR) is 178 cm³/mol. The van der Waals surface area contributed by atoms with Crippen molar-refractivity contribution in [3.8, 4) is 57.0 Å². The third-order valence-electron chi connectivity index (χ3n) is 8.59. The van der Waals surface area contributed by atoms with E-state index in [0.29, 0.717) is 46.6 Å². The molecule has 0 amide bonds. The Bertz CT molecular complexity index is 1480. The van der Waals surface area contributed by atoms with Gasteiger partial charge in [-0.05, 0) is 73.5 Å². The van der Waals surface area contributed by atoms with Crippen LogP contribution in [0, 0.1) is 0 Å². The molecule has 1 aliphatic heterocycles. The Kier molecular flexibility index (Phi) is 10.5. The zero-order valence-corrected chi connectivity index (χ0v) is 28.0. The lowest BCUT2D eigenvalue weighted by Crippen LogP contribution is -2.55. The zero-order chi connectivity index (χ0) is 32.8. The number of ether oxygens (including phenoxy) is 6. The standard InChI is InChI=1S/C36H44N4O6/c1-23-19-40(22-26-10-12-38-30(14-26)28-17-33(43-5)36(46-8)34(18-28)44-6)24(2)20-39(23)21-25-9-11-37-29(13-25)27-15-31(41-3)35(45-7)32(16-27)42-4/h9-18,23-24H,19-22H2,1-8H3. The number of piperazine rings is 1. The summed E-state index contributed by atoms with van der Waals surface area (Å²) in [7, 11) is 9.69. The Hall–Kier alpha value is -4.54. The van der Waals surface area contributed by atoms with Gasteiger partial charge in [0.2, 0.25) is 11.5 Å². The normalized spacial score (nSPS) is 17.0. The molecule has 244 valence electrons. The summed E-state index contributed by atoms with van der Waals surface area (Å²) < 4.78 is 33.2. The first kappa shape index (κ1) is 32.8. The number of methoxy groups -OCH3 is 6. The van der Waals surface area contributed by atoms with E-state index >= 15 is 0 Å². The second kappa shape index (κ2) is 14.7. The highest BCUT2D eigenvalue weighted by molar-refractivity contribution is 5.70. The van der Waals surface area contributed by atoms with E-state index in [-0.39, 0.29) is 0 Å². The summed E-state index contributed by atoms with van der Waals surface area (Å²) in [5, 5.41) is 0. The maximum atomic E-state index is 5.56. The number of hydrogen-bond donors (Lipinski definition) is 0. The fraction of sp³-hybridized carbons (Fsp3) is 0.389. The molecule has 10 heteroatoms. The highest BCUT2D eigenvalue weighted by Crippen LogP contribution is 2.42. The second-order valence-corrected chi connectivity index (χ2v) is 11.5. The van der Waals surface area contributed by atoms with Crippen LogP contribution in [0.25, 0.3) is 22.5 Å². The smallest absolute Gasteiger partial charge is 0.203 e. The van der Waals surface area contributed by atoms with E-state index in [4.69, 9.17) is 28.4 Å². The van der Waals surface area contributed by atoms with E-state index < -0.39 is 0 Å². The lowest BCUT2D eigenvalue weighted by molar-refractivity contribution is 0.0328. The summed E-state index contributed by atoms with van der Waals surface area (Å²) in [6.45, 7) is 8.17. The molecule has 3 heterocycles. The number of benzene rings is 2. The minimum atomic E-state index is 0.366. The van der Waals surface area contributed by atoms with Gasteiger partial charge in [0, 0.05) is 61.8 Å². The van der Waals surface area contributed by atoms with Crippen LogP contribution in [0.5, 0.6) is 34.5 Å². The molecule has 0 radical (unpaired) electrons. The maximum Gasteiger partial charge on any atom is 0.203 e. The highest BCUT2D eigenvalue weighted by Gasteiger charge is 2.29. The van der Waals surface area contributed by atoms with Crippen molar-refractivity contribution in [2.24, 2.45) is 0 Å². The first-order chi connectivity index (χ1) is 22.3. The Morgan fingerprint density at radius 2 is 0.891 bits per heavy atom. The molecule has 0 N–H and O–H groups in total. The molecule has 10 nitrogen and oxygen atoms in total. The minimum Gasteiger partial charge on any atom is -0.493 e. The summed E-state index contributed by atoms with van der Waals surface area (Å²) in [6, 6.07) is 16.9. The van der Waals surface area contributed by atoms with Crippen molar-refractivity contribution in [3.05, 3.63) is 72.1 Å². The molecule has 0 bridgehead atoms. The van der Waals surface area contributed by atoms with Crippen LogP contribution in [0.15, 0.2) is 60.9 Å². The van der Waals surface area contributed by atoms with E-state index in [9.17, 15) is 0 Å². The van der Waals surface area contributed by atoms with Crippen molar-refractivity contribution in [2.75, 3.05) is 55.7 Å². The van der Waals surface area contributed by atoms with Crippen LogP contribution < -0.4 is 28.4 Å². The Morgan fingerprint density at radius 3 is 1.20 bits per heavy atom. The lowest BCUT2D eigenvalue weighted by Gasteiger charge is -2.44. The van der Waals surface area contributed by atoms with Crippen LogP contribution in [0.4, 0.5) is 0 Å². The van der Waals surface area contributed by atoms with E-state index in [0.717, 1.165) is 48.7 Å². The summed E-state index contributed by atoms with van der Waals surface area (Å²) in [4.78, 5) is 14.4. The number of rotatable bonds is 12. The van der Waals surface area contributed by atoms with E-state index in [1.165, 1.54) is 11.1 Å². The van der Waals surface area contributed by atoms with Gasteiger partial charge >= 0.3 is 0 Å². The minimum absolute atomic E-state index is 0.366. The molecule has 2 atom stereocenters. The van der Waals surface area contributed by atoms with Crippen molar-refractivity contribution < 1.29 is 28.4 Å². The van der Waals surface area contributed by atoms with E-state index in [2.05, 4.69) is 57.9 Å². The van der Waals surface area contributed by atoms with Crippen LogP contribution in [-0.2, 0) is 13.1 Å². The molecular weight excluding hydrogens is 584 g/mol. The SMILES string of the molecule is COc1cc(-c2cc(CN3CC(C)N(Cc4ccnc(-c5cc(OC)c(OC)c(OC)c5)c4)CC3C)ccn2)cc(OC)c1OC. The molecule has 0 spiro atoms. The largest absolute Gasteiger partial charge is 0.493 e. The van der Waals surface area contributed by atoms with Gasteiger partial charge in [-0.15, -0.1) is 0 Å². The molecule has 2 unspecified atom stereocenters.